The molecule has 3 rings (SSSR count). The van der Waals surface area contributed by atoms with Crippen molar-refractivity contribution in [1.29, 1.82) is 0 Å². The molecule has 250 valence electrons. The normalized spacial score (nSPS) is 21.7. The van der Waals surface area contributed by atoms with Gasteiger partial charge in [0.25, 0.3) is 5.91 Å². The van der Waals surface area contributed by atoms with Crippen LogP contribution < -0.4 is 4.74 Å². The van der Waals surface area contributed by atoms with Crippen molar-refractivity contribution in [3.8, 4) is 5.75 Å². The Hall–Kier alpha value is -2.30. The summed E-state index contributed by atoms with van der Waals surface area (Å²) in [6.45, 7) is 7.67. The molecule has 2 unspecified atom stereocenters. The first kappa shape index (κ1) is 36.2. The van der Waals surface area contributed by atoms with Gasteiger partial charge in [0, 0.05) is 32.6 Å². The van der Waals surface area contributed by atoms with Crippen LogP contribution in [-0.2, 0) is 43.2 Å². The summed E-state index contributed by atoms with van der Waals surface area (Å²) in [5.74, 6) is 0.643. The fourth-order valence-electron chi connectivity index (χ4n) is 4.63. The molecule has 0 radical (unpaired) electrons. The van der Waals surface area contributed by atoms with E-state index in [-0.39, 0.29) is 54.7 Å². The highest BCUT2D eigenvalue weighted by Gasteiger charge is 2.32. The number of carbonyl (C=O) groups excluding carboxylic acids is 1. The Bertz CT molecular complexity index is 1100. The summed E-state index contributed by atoms with van der Waals surface area (Å²) < 4.78 is 67.1. The lowest BCUT2D eigenvalue weighted by atomic mass is 9.90. The maximum absolute atomic E-state index is 13.7. The van der Waals surface area contributed by atoms with Gasteiger partial charge in [-0.3, -0.25) is 4.79 Å². The van der Waals surface area contributed by atoms with E-state index < -0.39 is 16.3 Å². The minimum atomic E-state index is -3.89. The van der Waals surface area contributed by atoms with Crippen LogP contribution in [-0.4, -0.2) is 134 Å². The third-order valence-electron chi connectivity index (χ3n) is 7.26. The molecule has 44 heavy (non-hydrogen) atoms. The van der Waals surface area contributed by atoms with Gasteiger partial charge >= 0.3 is 0 Å². The maximum Gasteiger partial charge on any atom is 0.288 e. The summed E-state index contributed by atoms with van der Waals surface area (Å²) in [4.78, 5) is 15.4. The minimum Gasteiger partial charge on any atom is -0.497 e. The number of hydrogen-bond acceptors (Lipinski definition) is 11. The maximum atomic E-state index is 13.7. The number of aliphatic hydroxyl groups is 1. The second-order valence-electron chi connectivity index (χ2n) is 10.6. The van der Waals surface area contributed by atoms with E-state index in [0.717, 1.165) is 4.31 Å². The van der Waals surface area contributed by atoms with Gasteiger partial charge in [-0.25, -0.2) is 8.42 Å². The molecule has 1 amide bonds. The highest BCUT2D eigenvalue weighted by atomic mass is 32.2. The van der Waals surface area contributed by atoms with Crippen molar-refractivity contribution in [3.05, 3.63) is 36.1 Å². The van der Waals surface area contributed by atoms with Crippen LogP contribution in [0, 0.1) is 11.8 Å². The number of hydrogen-bond donors (Lipinski definition) is 1. The number of benzene rings is 1. The largest absolute Gasteiger partial charge is 0.497 e. The number of sulfonamides is 1. The molecule has 1 N–H and O–H groups in total. The van der Waals surface area contributed by atoms with Crippen LogP contribution in [0.3, 0.4) is 0 Å². The Morgan fingerprint density at radius 3 is 2.05 bits per heavy atom. The third kappa shape index (κ3) is 11.6. The van der Waals surface area contributed by atoms with Crippen LogP contribution in [0.5, 0.6) is 5.75 Å². The standard InChI is InChI=1S/C30H48N2O11S/c1-24(2)25-22-28(30(34)31-9-13-38-16-18-40-20-21-41-19-17-39-14-10-31)43-29(23-25)42-15-11-32(8-12-33)44(35,36)27-6-4-26(37-3)5-7-27/h4-7,22,24-25,29,33H,8-21,23H2,1-3H3. The summed E-state index contributed by atoms with van der Waals surface area (Å²) in [7, 11) is -2.39. The van der Waals surface area contributed by atoms with Gasteiger partial charge in [0.1, 0.15) is 5.75 Å². The van der Waals surface area contributed by atoms with Crippen LogP contribution in [0.15, 0.2) is 41.0 Å². The summed E-state index contributed by atoms with van der Waals surface area (Å²) in [6, 6.07) is 6.05. The first-order chi connectivity index (χ1) is 21.3. The van der Waals surface area contributed by atoms with Crippen molar-refractivity contribution >= 4 is 15.9 Å². The SMILES string of the molecule is COc1ccc(S(=O)(=O)N(CCO)CCOC2CC(C(C)C)C=C(C(=O)N3CCOCCOCCOCCOCC3)O2)cc1. The van der Waals surface area contributed by atoms with Crippen LogP contribution in [0.2, 0.25) is 0 Å². The summed E-state index contributed by atoms with van der Waals surface area (Å²) in [6.07, 6.45) is 1.60. The van der Waals surface area contributed by atoms with Gasteiger partial charge in [0.2, 0.25) is 16.3 Å². The Labute approximate surface area is 261 Å². The van der Waals surface area contributed by atoms with Crippen molar-refractivity contribution < 1.29 is 51.5 Å². The molecule has 1 fully saturated rings. The number of allylic oxidation sites excluding steroid dienone is 1. The molecule has 0 spiro atoms. The van der Waals surface area contributed by atoms with Gasteiger partial charge in [0.15, 0.2) is 5.76 Å². The second kappa shape index (κ2) is 19.3. The zero-order valence-corrected chi connectivity index (χ0v) is 26.9. The van der Waals surface area contributed by atoms with Crippen molar-refractivity contribution in [2.45, 2.75) is 31.5 Å². The van der Waals surface area contributed by atoms with Crippen LogP contribution in [0.1, 0.15) is 20.3 Å². The predicted molar refractivity (Wildman–Crippen MR) is 161 cm³/mol. The number of nitrogens with zero attached hydrogens (tertiary/aromatic N) is 2. The lowest BCUT2D eigenvalue weighted by Gasteiger charge is -2.33. The van der Waals surface area contributed by atoms with E-state index in [1.54, 1.807) is 17.0 Å². The molecule has 2 atom stereocenters. The molecule has 1 saturated heterocycles. The summed E-state index contributed by atoms with van der Waals surface area (Å²) in [5.41, 5.74) is 0. The van der Waals surface area contributed by atoms with Gasteiger partial charge in [-0.2, -0.15) is 4.31 Å². The fraction of sp³-hybridized carbons (Fsp3) is 0.700. The van der Waals surface area contributed by atoms with Crippen LogP contribution in [0.25, 0.3) is 0 Å². The smallest absolute Gasteiger partial charge is 0.288 e. The van der Waals surface area contributed by atoms with Gasteiger partial charge in [0.05, 0.1) is 78.1 Å². The van der Waals surface area contributed by atoms with E-state index in [0.29, 0.717) is 78.1 Å². The van der Waals surface area contributed by atoms with Crippen LogP contribution >= 0.6 is 0 Å². The molecule has 1 aromatic carbocycles. The average molecular weight is 645 g/mol. The molecule has 14 heteroatoms. The molecular formula is C30H48N2O11S. The number of ether oxygens (including phenoxy) is 7. The Morgan fingerprint density at radius 2 is 1.52 bits per heavy atom. The molecule has 0 aromatic heterocycles. The monoisotopic (exact) mass is 644 g/mol. The molecule has 2 heterocycles. The van der Waals surface area contributed by atoms with E-state index in [2.05, 4.69) is 13.8 Å². The number of amides is 1. The Morgan fingerprint density at radius 1 is 0.955 bits per heavy atom. The quantitative estimate of drug-likeness (QED) is 0.375. The van der Waals surface area contributed by atoms with Crippen molar-refractivity contribution in [2.24, 2.45) is 11.8 Å². The Kier molecular flexibility index (Phi) is 15.8. The first-order valence-corrected chi connectivity index (χ1v) is 16.6. The first-order valence-electron chi connectivity index (χ1n) is 15.1. The van der Waals surface area contributed by atoms with Crippen molar-refractivity contribution in [3.63, 3.8) is 0 Å². The molecule has 0 aliphatic carbocycles. The Balaban J connectivity index is 1.63. The van der Waals surface area contributed by atoms with E-state index in [9.17, 15) is 18.3 Å². The number of carbonyl (C=O) groups is 1. The van der Waals surface area contributed by atoms with Gasteiger partial charge < -0.3 is 43.2 Å². The van der Waals surface area contributed by atoms with Crippen LogP contribution in [0.4, 0.5) is 0 Å². The number of aliphatic hydroxyl groups excluding tert-OH is 1. The van der Waals surface area contributed by atoms with Gasteiger partial charge in [-0.15, -0.1) is 0 Å². The molecule has 2 aliphatic rings. The third-order valence-corrected chi connectivity index (χ3v) is 9.17. The number of methoxy groups -OCH3 is 1. The van der Waals surface area contributed by atoms with Crippen molar-refractivity contribution in [2.75, 3.05) is 99.4 Å². The zero-order chi connectivity index (χ0) is 31.8. The highest BCUT2D eigenvalue weighted by Crippen LogP contribution is 2.29. The van der Waals surface area contributed by atoms with E-state index in [1.807, 2.05) is 6.08 Å². The highest BCUT2D eigenvalue weighted by molar-refractivity contribution is 7.89. The van der Waals surface area contributed by atoms with Gasteiger partial charge in [-0.05, 0) is 42.2 Å². The molecular weight excluding hydrogens is 596 g/mol. The lowest BCUT2D eigenvalue weighted by Crippen LogP contribution is -2.41. The molecule has 2 aliphatic heterocycles. The average Bonchev–Trinajstić information content (AvgIpc) is 3.03. The van der Waals surface area contributed by atoms with E-state index in [4.69, 9.17) is 33.2 Å². The molecule has 0 saturated carbocycles. The predicted octanol–water partition coefficient (Wildman–Crippen LogP) is 1.51. The molecule has 0 bridgehead atoms. The van der Waals surface area contributed by atoms with E-state index >= 15 is 0 Å². The minimum absolute atomic E-state index is 0.00186. The summed E-state index contributed by atoms with van der Waals surface area (Å²) in [5, 5.41) is 9.56. The molecule has 13 nitrogen and oxygen atoms in total. The number of rotatable bonds is 11. The summed E-state index contributed by atoms with van der Waals surface area (Å²) >= 11 is 0. The fourth-order valence-corrected chi connectivity index (χ4v) is 6.05. The topological polar surface area (TPSA) is 143 Å². The van der Waals surface area contributed by atoms with Gasteiger partial charge in [-0.1, -0.05) is 13.8 Å². The molecule has 1 aromatic rings. The zero-order valence-electron chi connectivity index (χ0n) is 26.1. The lowest BCUT2D eigenvalue weighted by molar-refractivity contribution is -0.157. The second-order valence-corrected chi connectivity index (χ2v) is 12.6. The van der Waals surface area contributed by atoms with E-state index in [1.165, 1.54) is 19.2 Å². The van der Waals surface area contributed by atoms with Crippen molar-refractivity contribution in [1.82, 2.24) is 9.21 Å².